The number of nitrogens with one attached hydrogen (secondary N) is 1. The van der Waals surface area contributed by atoms with Crippen LogP contribution >= 0.6 is 0 Å². The summed E-state index contributed by atoms with van der Waals surface area (Å²) in [5.41, 5.74) is 1.40. The molecule has 0 unspecified atom stereocenters. The summed E-state index contributed by atoms with van der Waals surface area (Å²) in [6, 6.07) is 10.6. The summed E-state index contributed by atoms with van der Waals surface area (Å²) in [7, 11) is -0.224. The van der Waals surface area contributed by atoms with Crippen LogP contribution in [0.4, 0.5) is 17.1 Å². The maximum atomic E-state index is 12.5. The Hall–Kier alpha value is -2.61. The van der Waals surface area contributed by atoms with E-state index in [9.17, 15) is 18.5 Å². The van der Waals surface area contributed by atoms with E-state index in [0.717, 1.165) is 11.8 Å². The number of rotatable bonds is 5. The largest absolute Gasteiger partial charge is 0.378 e. The van der Waals surface area contributed by atoms with Gasteiger partial charge < -0.3 is 4.90 Å². The van der Waals surface area contributed by atoms with E-state index in [0.29, 0.717) is 11.3 Å². The van der Waals surface area contributed by atoms with E-state index in [2.05, 4.69) is 4.72 Å². The Morgan fingerprint density at radius 2 is 1.83 bits per heavy atom. The van der Waals surface area contributed by atoms with Gasteiger partial charge in [-0.3, -0.25) is 14.8 Å². The highest BCUT2D eigenvalue weighted by Gasteiger charge is 2.20. The van der Waals surface area contributed by atoms with E-state index in [1.165, 1.54) is 12.1 Å². The number of nitro benzene ring substituents is 1. The number of nitrogens with zero attached hydrogens (tertiary/aromatic N) is 2. The van der Waals surface area contributed by atoms with E-state index in [1.54, 1.807) is 25.1 Å². The minimum Gasteiger partial charge on any atom is -0.378 e. The number of hydrogen-bond donors (Lipinski definition) is 1. The molecule has 0 saturated heterocycles. The molecule has 2 aromatic rings. The summed E-state index contributed by atoms with van der Waals surface area (Å²) in [4.78, 5) is 12.0. The fourth-order valence-corrected chi connectivity index (χ4v) is 3.36. The van der Waals surface area contributed by atoms with Crippen molar-refractivity contribution >= 4 is 27.1 Å². The molecule has 8 heteroatoms. The van der Waals surface area contributed by atoms with Crippen LogP contribution < -0.4 is 9.62 Å². The Labute approximate surface area is 134 Å². The highest BCUT2D eigenvalue weighted by atomic mass is 32.2. The molecule has 0 bridgehead atoms. The molecule has 122 valence electrons. The number of anilines is 2. The summed E-state index contributed by atoms with van der Waals surface area (Å²) < 4.78 is 27.5. The molecular weight excluding hydrogens is 318 g/mol. The topological polar surface area (TPSA) is 92.5 Å². The van der Waals surface area contributed by atoms with Gasteiger partial charge in [-0.1, -0.05) is 12.1 Å². The minimum atomic E-state index is -3.92. The van der Waals surface area contributed by atoms with Gasteiger partial charge >= 0.3 is 0 Å². The predicted octanol–water partition coefficient (Wildman–Crippen LogP) is 2.77. The van der Waals surface area contributed by atoms with Crippen molar-refractivity contribution in [2.75, 3.05) is 23.7 Å². The standard InChI is InChI=1S/C15H17N3O4S/c1-11-7-8-14(18(19)20)10-15(11)23(21,22)16-12-5-4-6-13(9-12)17(2)3/h4-10,16H,1-3H3. The minimum absolute atomic E-state index is 0.109. The number of nitro groups is 1. The molecule has 0 fully saturated rings. The van der Waals surface area contributed by atoms with Gasteiger partial charge in [-0.15, -0.1) is 0 Å². The lowest BCUT2D eigenvalue weighted by Crippen LogP contribution is -2.15. The van der Waals surface area contributed by atoms with Gasteiger partial charge in [-0.25, -0.2) is 8.42 Å². The summed E-state index contributed by atoms with van der Waals surface area (Å²) >= 11 is 0. The van der Waals surface area contributed by atoms with E-state index in [1.807, 2.05) is 25.1 Å². The van der Waals surface area contributed by atoms with Crippen molar-refractivity contribution in [1.82, 2.24) is 0 Å². The maximum Gasteiger partial charge on any atom is 0.270 e. The third-order valence-corrected chi connectivity index (χ3v) is 4.81. The van der Waals surface area contributed by atoms with Gasteiger partial charge in [0.25, 0.3) is 15.7 Å². The number of hydrogen-bond acceptors (Lipinski definition) is 5. The third kappa shape index (κ3) is 3.78. The van der Waals surface area contributed by atoms with Crippen LogP contribution in [0.5, 0.6) is 0 Å². The van der Waals surface area contributed by atoms with Gasteiger partial charge in [0.15, 0.2) is 0 Å². The molecule has 7 nitrogen and oxygen atoms in total. The number of non-ortho nitro benzene ring substituents is 1. The molecule has 0 saturated carbocycles. The molecule has 0 atom stereocenters. The first-order valence-electron chi connectivity index (χ1n) is 6.76. The second-order valence-corrected chi connectivity index (χ2v) is 6.91. The molecule has 1 N–H and O–H groups in total. The lowest BCUT2D eigenvalue weighted by Gasteiger charge is -2.15. The highest BCUT2D eigenvalue weighted by molar-refractivity contribution is 7.92. The predicted molar refractivity (Wildman–Crippen MR) is 89.4 cm³/mol. The molecule has 0 amide bonds. The van der Waals surface area contributed by atoms with E-state index < -0.39 is 14.9 Å². The zero-order valence-corrected chi connectivity index (χ0v) is 13.8. The monoisotopic (exact) mass is 335 g/mol. The van der Waals surface area contributed by atoms with Crippen molar-refractivity contribution in [3.8, 4) is 0 Å². The van der Waals surface area contributed by atoms with Crippen molar-refractivity contribution in [2.45, 2.75) is 11.8 Å². The van der Waals surface area contributed by atoms with Crippen LogP contribution in [-0.2, 0) is 10.0 Å². The van der Waals surface area contributed by atoms with Crippen LogP contribution in [-0.4, -0.2) is 27.4 Å². The Kier molecular flexibility index (Phi) is 4.55. The Morgan fingerprint density at radius 3 is 2.43 bits per heavy atom. The van der Waals surface area contributed by atoms with Crippen LogP contribution in [0.1, 0.15) is 5.56 Å². The van der Waals surface area contributed by atoms with E-state index >= 15 is 0 Å². The van der Waals surface area contributed by atoms with E-state index in [-0.39, 0.29) is 10.6 Å². The first kappa shape index (κ1) is 16.8. The van der Waals surface area contributed by atoms with Crippen LogP contribution in [0.15, 0.2) is 47.4 Å². The fourth-order valence-electron chi connectivity index (χ4n) is 2.05. The zero-order chi connectivity index (χ0) is 17.2. The summed E-state index contributed by atoms with van der Waals surface area (Å²) in [5, 5.41) is 10.9. The number of aryl methyl sites for hydroxylation is 1. The van der Waals surface area contributed by atoms with Gasteiger partial charge in [0.2, 0.25) is 0 Å². The van der Waals surface area contributed by atoms with Gasteiger partial charge in [-0.2, -0.15) is 0 Å². The lowest BCUT2D eigenvalue weighted by molar-refractivity contribution is -0.385. The molecule has 0 aliphatic heterocycles. The van der Waals surface area contributed by atoms with Crippen molar-refractivity contribution in [3.63, 3.8) is 0 Å². The number of benzene rings is 2. The van der Waals surface area contributed by atoms with Gasteiger partial charge in [0.05, 0.1) is 15.5 Å². The molecule has 0 aliphatic carbocycles. The molecule has 2 rings (SSSR count). The zero-order valence-electron chi connectivity index (χ0n) is 13.0. The van der Waals surface area contributed by atoms with Crippen LogP contribution in [0.25, 0.3) is 0 Å². The highest BCUT2D eigenvalue weighted by Crippen LogP contribution is 2.25. The van der Waals surface area contributed by atoms with Gasteiger partial charge in [0.1, 0.15) is 0 Å². The average molecular weight is 335 g/mol. The first-order valence-corrected chi connectivity index (χ1v) is 8.24. The van der Waals surface area contributed by atoms with Gasteiger partial charge in [-0.05, 0) is 30.7 Å². The second-order valence-electron chi connectivity index (χ2n) is 5.26. The smallest absolute Gasteiger partial charge is 0.270 e. The quantitative estimate of drug-likeness (QED) is 0.670. The summed E-state index contributed by atoms with van der Waals surface area (Å²) in [5.74, 6) is 0. The molecule has 0 aliphatic rings. The fraction of sp³-hybridized carbons (Fsp3) is 0.200. The molecule has 0 radical (unpaired) electrons. The van der Waals surface area contributed by atoms with Gasteiger partial charge in [0, 0.05) is 31.9 Å². The summed E-state index contributed by atoms with van der Waals surface area (Å²) in [6.07, 6.45) is 0. The normalized spacial score (nSPS) is 11.1. The molecule has 23 heavy (non-hydrogen) atoms. The average Bonchev–Trinajstić information content (AvgIpc) is 2.47. The lowest BCUT2D eigenvalue weighted by atomic mass is 10.2. The molecule has 0 aromatic heterocycles. The van der Waals surface area contributed by atoms with Crippen molar-refractivity contribution in [2.24, 2.45) is 0 Å². The van der Waals surface area contributed by atoms with Crippen LogP contribution in [0, 0.1) is 17.0 Å². The molecule has 2 aromatic carbocycles. The summed E-state index contributed by atoms with van der Waals surface area (Å²) in [6.45, 7) is 1.59. The first-order chi connectivity index (χ1) is 10.7. The van der Waals surface area contributed by atoms with Crippen molar-refractivity contribution in [3.05, 3.63) is 58.1 Å². The van der Waals surface area contributed by atoms with Crippen LogP contribution in [0.2, 0.25) is 0 Å². The van der Waals surface area contributed by atoms with E-state index in [4.69, 9.17) is 0 Å². The Morgan fingerprint density at radius 1 is 1.13 bits per heavy atom. The molecule has 0 spiro atoms. The molecular formula is C15H17N3O4S. The van der Waals surface area contributed by atoms with Crippen molar-refractivity contribution < 1.29 is 13.3 Å². The molecule has 0 heterocycles. The Bertz CT molecular complexity index is 848. The van der Waals surface area contributed by atoms with Crippen LogP contribution in [0.3, 0.4) is 0 Å². The SMILES string of the molecule is Cc1ccc([N+](=O)[O-])cc1S(=O)(=O)Nc1cccc(N(C)C)c1. The third-order valence-electron chi connectivity index (χ3n) is 3.29. The second kappa shape index (κ2) is 6.25. The van der Waals surface area contributed by atoms with Crippen molar-refractivity contribution in [1.29, 1.82) is 0 Å². The maximum absolute atomic E-state index is 12.5. The number of sulfonamides is 1. The Balaban J connectivity index is 2.41.